The van der Waals surface area contributed by atoms with Crippen LogP contribution in [0.25, 0.3) is 0 Å². The molecule has 1 amide bonds. The van der Waals surface area contributed by atoms with E-state index in [0.29, 0.717) is 24.6 Å². The van der Waals surface area contributed by atoms with Gasteiger partial charge in [-0.2, -0.15) is 5.10 Å². The Morgan fingerprint density at radius 1 is 1.27 bits per heavy atom. The Balaban J connectivity index is 1.43. The molecule has 0 radical (unpaired) electrons. The van der Waals surface area contributed by atoms with Gasteiger partial charge < -0.3 is 5.32 Å². The predicted molar refractivity (Wildman–Crippen MR) is 94.0 cm³/mol. The third-order valence-electron chi connectivity index (χ3n) is 4.81. The molecule has 2 N–H and O–H groups in total. The van der Waals surface area contributed by atoms with E-state index in [0.717, 1.165) is 31.5 Å². The van der Waals surface area contributed by atoms with Crippen LogP contribution in [0.1, 0.15) is 35.4 Å². The molecule has 2 heterocycles. The fraction of sp³-hybridized carbons (Fsp3) is 0.471. The van der Waals surface area contributed by atoms with Crippen molar-refractivity contribution in [1.29, 1.82) is 0 Å². The summed E-state index contributed by atoms with van der Waals surface area (Å²) >= 11 is 0. The molecule has 1 aromatic heterocycles. The fourth-order valence-electron chi connectivity index (χ4n) is 3.06. The topological polar surface area (TPSA) is 106 Å². The lowest BCUT2D eigenvalue weighted by Crippen LogP contribution is -2.41. The molecule has 2 aromatic rings. The zero-order valence-corrected chi connectivity index (χ0v) is 15.1. The predicted octanol–water partition coefficient (Wildman–Crippen LogP) is 0.711. The number of benzene rings is 1. The van der Waals surface area contributed by atoms with Gasteiger partial charge in [0.2, 0.25) is 10.0 Å². The third kappa shape index (κ3) is 3.78. The molecule has 0 bridgehead atoms. The van der Waals surface area contributed by atoms with Crippen LogP contribution in [0.4, 0.5) is 0 Å². The Morgan fingerprint density at radius 2 is 2.12 bits per heavy atom. The van der Waals surface area contributed by atoms with Crippen molar-refractivity contribution in [2.24, 2.45) is 5.92 Å². The van der Waals surface area contributed by atoms with E-state index in [1.807, 2.05) is 0 Å². The van der Waals surface area contributed by atoms with E-state index in [1.165, 1.54) is 18.5 Å². The summed E-state index contributed by atoms with van der Waals surface area (Å²) in [5.74, 6) is 1.09. The molecule has 1 aliphatic heterocycles. The molecular formula is C17H21N5O3S. The number of nitrogens with zero attached hydrogens (tertiary/aromatic N) is 3. The molecule has 1 aliphatic carbocycles. The van der Waals surface area contributed by atoms with Gasteiger partial charge in [0.1, 0.15) is 12.2 Å². The first kappa shape index (κ1) is 17.2. The number of aryl methyl sites for hydroxylation is 1. The minimum Gasteiger partial charge on any atom is -0.347 e. The number of hydrogen-bond donors (Lipinski definition) is 2. The summed E-state index contributed by atoms with van der Waals surface area (Å²) in [6.07, 6.45) is 5.19. The van der Waals surface area contributed by atoms with Crippen LogP contribution in [0.15, 0.2) is 35.5 Å². The van der Waals surface area contributed by atoms with Gasteiger partial charge in [-0.3, -0.25) is 4.79 Å². The molecule has 0 saturated heterocycles. The van der Waals surface area contributed by atoms with Crippen molar-refractivity contribution >= 4 is 15.9 Å². The minimum absolute atomic E-state index is 0.0510. The highest BCUT2D eigenvalue weighted by molar-refractivity contribution is 7.89. The summed E-state index contributed by atoms with van der Waals surface area (Å²) in [5.41, 5.74) is 0.337. The Hall–Kier alpha value is -2.26. The molecule has 4 rings (SSSR count). The Labute approximate surface area is 152 Å². The van der Waals surface area contributed by atoms with Crippen LogP contribution in [0, 0.1) is 5.92 Å². The summed E-state index contributed by atoms with van der Waals surface area (Å²) < 4.78 is 29.2. The molecule has 1 aromatic carbocycles. The van der Waals surface area contributed by atoms with Crippen molar-refractivity contribution in [3.05, 3.63) is 42.0 Å². The van der Waals surface area contributed by atoms with Crippen molar-refractivity contribution in [3.8, 4) is 0 Å². The molecule has 0 spiro atoms. The smallest absolute Gasteiger partial charge is 0.251 e. The van der Waals surface area contributed by atoms with Gasteiger partial charge in [-0.1, -0.05) is 6.07 Å². The number of carbonyl (C=O) groups excluding carboxylic acids is 1. The van der Waals surface area contributed by atoms with E-state index in [-0.39, 0.29) is 16.8 Å². The second-order valence-corrected chi connectivity index (χ2v) is 8.66. The molecule has 9 heteroatoms. The van der Waals surface area contributed by atoms with E-state index in [9.17, 15) is 13.2 Å². The summed E-state index contributed by atoms with van der Waals surface area (Å²) in [7, 11) is -3.59. The second kappa shape index (κ2) is 6.81. The molecule has 1 fully saturated rings. The van der Waals surface area contributed by atoms with Crippen molar-refractivity contribution in [2.45, 2.75) is 43.2 Å². The van der Waals surface area contributed by atoms with Crippen LogP contribution in [-0.2, 0) is 23.0 Å². The number of nitrogens with one attached hydrogen (secondary N) is 2. The summed E-state index contributed by atoms with van der Waals surface area (Å²) in [5, 5.41) is 7.10. The van der Waals surface area contributed by atoms with Gasteiger partial charge >= 0.3 is 0 Å². The second-order valence-electron chi connectivity index (χ2n) is 6.89. The van der Waals surface area contributed by atoms with Gasteiger partial charge in [-0.15, -0.1) is 0 Å². The first-order valence-electron chi connectivity index (χ1n) is 8.78. The molecule has 26 heavy (non-hydrogen) atoms. The third-order valence-corrected chi connectivity index (χ3v) is 6.23. The maximum Gasteiger partial charge on any atom is 0.251 e. The standard InChI is InChI=1S/C17H21N5O3S/c23-17(21-14-6-7-16-18-11-19-22(16)10-14)13-2-1-3-15(8-13)26(24,25)20-9-12-4-5-12/h1-3,8,11-12,14,20H,4-7,9-10H2,(H,21,23)/t14-/m1/s1. The molecule has 0 unspecified atom stereocenters. The number of aromatic nitrogens is 3. The maximum atomic E-state index is 12.5. The average molecular weight is 375 g/mol. The Bertz CT molecular complexity index is 920. The van der Waals surface area contributed by atoms with Crippen LogP contribution in [0.5, 0.6) is 0 Å². The highest BCUT2D eigenvalue weighted by atomic mass is 32.2. The highest BCUT2D eigenvalue weighted by Gasteiger charge is 2.25. The molecule has 1 saturated carbocycles. The summed E-state index contributed by atoms with van der Waals surface area (Å²) in [6.45, 7) is 1.03. The van der Waals surface area contributed by atoms with Gasteiger partial charge in [-0.05, 0) is 43.4 Å². The maximum absolute atomic E-state index is 12.5. The largest absolute Gasteiger partial charge is 0.347 e. The van der Waals surface area contributed by atoms with Crippen molar-refractivity contribution in [1.82, 2.24) is 24.8 Å². The van der Waals surface area contributed by atoms with Crippen LogP contribution < -0.4 is 10.0 Å². The molecule has 2 aliphatic rings. The minimum atomic E-state index is -3.59. The van der Waals surface area contributed by atoms with Gasteiger partial charge in [0.15, 0.2) is 0 Å². The lowest BCUT2D eigenvalue weighted by atomic mass is 10.1. The highest BCUT2D eigenvalue weighted by Crippen LogP contribution is 2.28. The molecule has 8 nitrogen and oxygen atoms in total. The van der Waals surface area contributed by atoms with Crippen LogP contribution >= 0.6 is 0 Å². The fourth-order valence-corrected chi connectivity index (χ4v) is 4.22. The zero-order chi connectivity index (χ0) is 18.1. The van der Waals surface area contributed by atoms with Crippen LogP contribution in [0.3, 0.4) is 0 Å². The van der Waals surface area contributed by atoms with E-state index in [4.69, 9.17) is 0 Å². The number of rotatable bonds is 6. The lowest BCUT2D eigenvalue weighted by Gasteiger charge is -2.23. The summed E-state index contributed by atoms with van der Waals surface area (Å²) in [4.78, 5) is 16.8. The molecular weight excluding hydrogens is 354 g/mol. The average Bonchev–Trinajstić information content (AvgIpc) is 3.36. The number of hydrogen-bond acceptors (Lipinski definition) is 5. The quantitative estimate of drug-likeness (QED) is 0.773. The summed E-state index contributed by atoms with van der Waals surface area (Å²) in [6, 6.07) is 6.10. The normalized spacial score (nSPS) is 19.8. The zero-order valence-electron chi connectivity index (χ0n) is 14.3. The van der Waals surface area contributed by atoms with Gasteiger partial charge in [0.25, 0.3) is 5.91 Å². The van der Waals surface area contributed by atoms with Gasteiger partial charge in [0.05, 0.1) is 11.4 Å². The number of fused-ring (bicyclic) bond motifs is 1. The monoisotopic (exact) mass is 375 g/mol. The number of carbonyl (C=O) groups is 1. The van der Waals surface area contributed by atoms with Crippen LogP contribution in [-0.4, -0.2) is 41.7 Å². The van der Waals surface area contributed by atoms with Crippen LogP contribution in [0.2, 0.25) is 0 Å². The van der Waals surface area contributed by atoms with Gasteiger partial charge in [0, 0.05) is 24.6 Å². The van der Waals surface area contributed by atoms with Crippen molar-refractivity contribution in [2.75, 3.05) is 6.54 Å². The number of amides is 1. The Kier molecular flexibility index (Phi) is 4.49. The molecule has 138 valence electrons. The number of sulfonamides is 1. The van der Waals surface area contributed by atoms with Crippen molar-refractivity contribution < 1.29 is 13.2 Å². The Morgan fingerprint density at radius 3 is 2.92 bits per heavy atom. The van der Waals surface area contributed by atoms with E-state index in [2.05, 4.69) is 20.1 Å². The first-order valence-corrected chi connectivity index (χ1v) is 10.3. The first-order chi connectivity index (χ1) is 12.5. The van der Waals surface area contributed by atoms with Crippen molar-refractivity contribution in [3.63, 3.8) is 0 Å². The SMILES string of the molecule is O=C(N[C@@H]1CCc2ncnn2C1)c1cccc(S(=O)(=O)NCC2CC2)c1. The van der Waals surface area contributed by atoms with E-state index < -0.39 is 10.0 Å². The van der Waals surface area contributed by atoms with E-state index in [1.54, 1.807) is 16.8 Å². The lowest BCUT2D eigenvalue weighted by molar-refractivity contribution is 0.0926. The molecule has 1 atom stereocenters. The van der Waals surface area contributed by atoms with Gasteiger partial charge in [-0.25, -0.2) is 22.8 Å². The van der Waals surface area contributed by atoms with E-state index >= 15 is 0 Å².